The average Bonchev–Trinajstić information content (AvgIpc) is 3.47. The Bertz CT molecular complexity index is 932. The van der Waals surface area contributed by atoms with Crippen LogP contribution in [-0.4, -0.2) is 48.5 Å². The van der Waals surface area contributed by atoms with Gasteiger partial charge in [0.05, 0.1) is 11.4 Å². The third-order valence-corrected chi connectivity index (χ3v) is 7.25. The van der Waals surface area contributed by atoms with Gasteiger partial charge in [-0.2, -0.15) is 0 Å². The number of primary amides is 1. The number of benzene rings is 1. The van der Waals surface area contributed by atoms with Crippen LogP contribution >= 0.6 is 11.3 Å². The first-order valence-corrected chi connectivity index (χ1v) is 11.7. The number of amides is 2. The van der Waals surface area contributed by atoms with E-state index in [0.717, 1.165) is 29.3 Å². The lowest BCUT2D eigenvalue weighted by Gasteiger charge is -2.41. The Kier molecular flexibility index (Phi) is 6.43. The third kappa shape index (κ3) is 4.67. The van der Waals surface area contributed by atoms with Crippen molar-refractivity contribution < 1.29 is 9.59 Å². The van der Waals surface area contributed by atoms with Crippen LogP contribution in [0.1, 0.15) is 49.0 Å². The van der Waals surface area contributed by atoms with Crippen molar-refractivity contribution in [3.05, 3.63) is 35.3 Å². The van der Waals surface area contributed by atoms with Gasteiger partial charge in [0.2, 0.25) is 5.91 Å². The van der Waals surface area contributed by atoms with E-state index < -0.39 is 5.54 Å². The molecule has 0 unspecified atom stereocenters. The second-order valence-electron chi connectivity index (χ2n) is 8.32. The average molecular weight is 443 g/mol. The molecular weight excluding hydrogens is 412 g/mol. The maximum atomic E-state index is 12.9. The molecule has 5 N–H and O–H groups in total. The SMILES string of the molecule is CNC1(C(N)=O)CCN(c2ccccc2NC(=O)c2csc(NC3CCCC3)n2)CC1. The van der Waals surface area contributed by atoms with E-state index in [2.05, 4.69) is 25.8 Å². The van der Waals surface area contributed by atoms with E-state index in [0.29, 0.717) is 37.7 Å². The molecule has 1 saturated carbocycles. The van der Waals surface area contributed by atoms with Crippen LogP contribution in [0, 0.1) is 0 Å². The fourth-order valence-electron chi connectivity index (χ4n) is 4.48. The van der Waals surface area contributed by atoms with Crippen LogP contribution < -0.4 is 26.6 Å². The fraction of sp³-hybridized carbons (Fsp3) is 0.500. The standard InChI is InChI=1S/C22H30N6O2S/c1-24-22(20(23)30)10-12-28(13-11-22)18-9-5-4-8-16(18)26-19(29)17-14-31-21(27-17)25-15-6-2-3-7-15/h4-5,8-9,14-15,24H,2-3,6-7,10-13H2,1H3,(H2,23,30)(H,25,27)(H,26,29). The molecule has 9 heteroatoms. The monoisotopic (exact) mass is 442 g/mol. The first-order chi connectivity index (χ1) is 15.0. The number of nitrogens with two attached hydrogens (primary N) is 1. The molecule has 1 aromatic heterocycles. The van der Waals surface area contributed by atoms with Gasteiger partial charge in [-0.15, -0.1) is 11.3 Å². The van der Waals surface area contributed by atoms with E-state index in [1.807, 2.05) is 24.3 Å². The summed E-state index contributed by atoms with van der Waals surface area (Å²) in [4.78, 5) is 31.4. The molecule has 1 saturated heterocycles. The highest BCUT2D eigenvalue weighted by Gasteiger charge is 2.38. The number of nitrogens with zero attached hydrogens (tertiary/aromatic N) is 2. The van der Waals surface area contributed by atoms with Gasteiger partial charge in [-0.3, -0.25) is 9.59 Å². The molecule has 0 atom stereocenters. The topological polar surface area (TPSA) is 112 Å². The molecule has 31 heavy (non-hydrogen) atoms. The van der Waals surface area contributed by atoms with Crippen LogP contribution in [0.4, 0.5) is 16.5 Å². The molecule has 166 valence electrons. The summed E-state index contributed by atoms with van der Waals surface area (Å²) >= 11 is 1.47. The number of hydrogen-bond acceptors (Lipinski definition) is 7. The van der Waals surface area contributed by atoms with Crippen molar-refractivity contribution >= 4 is 39.7 Å². The number of para-hydroxylation sites is 2. The number of aromatic nitrogens is 1. The number of hydrogen-bond donors (Lipinski definition) is 4. The van der Waals surface area contributed by atoms with Gasteiger partial charge in [0.1, 0.15) is 11.2 Å². The third-order valence-electron chi connectivity index (χ3n) is 6.48. The van der Waals surface area contributed by atoms with Crippen LogP contribution in [0.3, 0.4) is 0 Å². The van der Waals surface area contributed by atoms with Crippen LogP contribution in [-0.2, 0) is 4.79 Å². The molecule has 2 aliphatic rings. The van der Waals surface area contributed by atoms with E-state index in [-0.39, 0.29) is 11.8 Å². The number of nitrogens with one attached hydrogen (secondary N) is 3. The molecule has 2 aromatic rings. The van der Waals surface area contributed by atoms with E-state index in [4.69, 9.17) is 5.73 Å². The van der Waals surface area contributed by atoms with Crippen molar-refractivity contribution in [2.24, 2.45) is 5.73 Å². The zero-order valence-corrected chi connectivity index (χ0v) is 18.6. The molecule has 2 heterocycles. The van der Waals surface area contributed by atoms with Gasteiger partial charge < -0.3 is 26.6 Å². The molecule has 8 nitrogen and oxygen atoms in total. The Morgan fingerprint density at radius 1 is 1.19 bits per heavy atom. The molecule has 0 radical (unpaired) electrons. The Labute approximate surface area is 186 Å². The molecule has 1 aliphatic heterocycles. The largest absolute Gasteiger partial charge is 0.370 e. The Morgan fingerprint density at radius 3 is 2.58 bits per heavy atom. The molecule has 2 fully saturated rings. The van der Waals surface area contributed by atoms with Crippen LogP contribution in [0.25, 0.3) is 0 Å². The van der Waals surface area contributed by atoms with E-state index in [1.165, 1.54) is 24.2 Å². The predicted molar refractivity (Wildman–Crippen MR) is 125 cm³/mol. The number of anilines is 3. The van der Waals surface area contributed by atoms with Gasteiger partial charge in [-0.1, -0.05) is 25.0 Å². The lowest BCUT2D eigenvalue weighted by molar-refractivity contribution is -0.125. The highest BCUT2D eigenvalue weighted by molar-refractivity contribution is 7.13. The van der Waals surface area contributed by atoms with Crippen LogP contribution in [0.15, 0.2) is 29.6 Å². The summed E-state index contributed by atoms with van der Waals surface area (Å²) in [5.41, 5.74) is 7.04. The van der Waals surface area contributed by atoms with Crippen molar-refractivity contribution in [3.8, 4) is 0 Å². The highest BCUT2D eigenvalue weighted by atomic mass is 32.1. The number of carbonyl (C=O) groups is 2. The lowest BCUT2D eigenvalue weighted by Crippen LogP contribution is -2.59. The quantitative estimate of drug-likeness (QED) is 0.525. The van der Waals surface area contributed by atoms with E-state index in [9.17, 15) is 9.59 Å². The summed E-state index contributed by atoms with van der Waals surface area (Å²) < 4.78 is 0. The zero-order valence-electron chi connectivity index (χ0n) is 17.8. The van der Waals surface area contributed by atoms with Crippen molar-refractivity contribution in [1.82, 2.24) is 10.3 Å². The summed E-state index contributed by atoms with van der Waals surface area (Å²) in [7, 11) is 1.78. The smallest absolute Gasteiger partial charge is 0.275 e. The van der Waals surface area contributed by atoms with Gasteiger partial charge in [0, 0.05) is 24.5 Å². The predicted octanol–water partition coefficient (Wildman–Crippen LogP) is 2.79. The minimum Gasteiger partial charge on any atom is -0.370 e. The molecule has 0 bridgehead atoms. The van der Waals surface area contributed by atoms with Gasteiger partial charge in [-0.05, 0) is 44.9 Å². The summed E-state index contributed by atoms with van der Waals surface area (Å²) in [6, 6.07) is 8.20. The first kappa shape index (κ1) is 21.6. The summed E-state index contributed by atoms with van der Waals surface area (Å²) in [5, 5.41) is 12.2. The molecular formula is C22H30N6O2S. The van der Waals surface area contributed by atoms with E-state index in [1.54, 1.807) is 12.4 Å². The van der Waals surface area contributed by atoms with Gasteiger partial charge >= 0.3 is 0 Å². The number of piperidine rings is 1. The second-order valence-corrected chi connectivity index (χ2v) is 9.18. The Hall–Kier alpha value is -2.65. The minimum atomic E-state index is -0.669. The van der Waals surface area contributed by atoms with E-state index >= 15 is 0 Å². The number of likely N-dealkylation sites (N-methyl/N-ethyl adjacent to an activating group) is 1. The first-order valence-electron chi connectivity index (χ1n) is 10.9. The van der Waals surface area contributed by atoms with Crippen molar-refractivity contribution in [3.63, 3.8) is 0 Å². The number of thiazole rings is 1. The van der Waals surface area contributed by atoms with Gasteiger partial charge in [-0.25, -0.2) is 4.98 Å². The summed E-state index contributed by atoms with van der Waals surface area (Å²) in [6.45, 7) is 1.34. The summed E-state index contributed by atoms with van der Waals surface area (Å²) in [5.74, 6) is -0.538. The molecule has 1 aliphatic carbocycles. The summed E-state index contributed by atoms with van der Waals surface area (Å²) in [6.07, 6.45) is 6.05. The number of rotatable bonds is 7. The fourth-order valence-corrected chi connectivity index (χ4v) is 5.25. The van der Waals surface area contributed by atoms with Gasteiger partial charge in [0.25, 0.3) is 5.91 Å². The normalized spacial score (nSPS) is 18.7. The Morgan fingerprint density at radius 2 is 1.90 bits per heavy atom. The Balaban J connectivity index is 1.43. The molecule has 0 spiro atoms. The van der Waals surface area contributed by atoms with Crippen LogP contribution in [0.5, 0.6) is 0 Å². The molecule has 1 aromatic carbocycles. The molecule has 2 amide bonds. The number of carbonyl (C=O) groups excluding carboxylic acids is 2. The maximum Gasteiger partial charge on any atom is 0.275 e. The van der Waals surface area contributed by atoms with Crippen molar-refractivity contribution in [2.45, 2.75) is 50.1 Å². The van der Waals surface area contributed by atoms with Crippen LogP contribution in [0.2, 0.25) is 0 Å². The van der Waals surface area contributed by atoms with Crippen molar-refractivity contribution in [1.29, 1.82) is 0 Å². The minimum absolute atomic E-state index is 0.220. The lowest BCUT2D eigenvalue weighted by atomic mass is 9.86. The maximum absolute atomic E-state index is 12.9. The highest BCUT2D eigenvalue weighted by Crippen LogP contribution is 2.32. The van der Waals surface area contributed by atoms with Gasteiger partial charge in [0.15, 0.2) is 5.13 Å². The second kappa shape index (κ2) is 9.23. The molecule has 4 rings (SSSR count). The van der Waals surface area contributed by atoms with Crippen molar-refractivity contribution in [2.75, 3.05) is 35.7 Å². The zero-order chi connectivity index (χ0) is 21.8.